The van der Waals surface area contributed by atoms with E-state index < -0.39 is 5.41 Å². The lowest BCUT2D eigenvalue weighted by atomic mass is 9.81. The molecule has 1 unspecified atom stereocenters. The van der Waals surface area contributed by atoms with Crippen molar-refractivity contribution in [3.8, 4) is 0 Å². The van der Waals surface area contributed by atoms with Gasteiger partial charge in [-0.1, -0.05) is 25.7 Å². The van der Waals surface area contributed by atoms with Crippen LogP contribution < -0.4 is 5.32 Å². The van der Waals surface area contributed by atoms with E-state index in [4.69, 9.17) is 0 Å². The van der Waals surface area contributed by atoms with Crippen molar-refractivity contribution in [1.82, 2.24) is 15.1 Å². The van der Waals surface area contributed by atoms with Crippen LogP contribution in [0.2, 0.25) is 0 Å². The molecule has 0 bridgehead atoms. The molecule has 0 aromatic carbocycles. The van der Waals surface area contributed by atoms with Gasteiger partial charge in [-0.2, -0.15) is 0 Å². The average molecular weight is 364 g/mol. The number of hydrogen-bond acceptors (Lipinski definition) is 3. The van der Waals surface area contributed by atoms with Crippen LogP contribution in [0.3, 0.4) is 0 Å². The first-order valence-corrected chi connectivity index (χ1v) is 10.7. The standard InChI is InChI=1S/C21H37N3O2/c1-23(14-17-7-3-4-8-17)19(25)13-21(11-12-22-16-21)20(26)24(2)15-18-9-5-6-10-18/h17-18,22H,3-16H2,1-2H3. The van der Waals surface area contributed by atoms with Gasteiger partial charge in [-0.15, -0.1) is 0 Å². The van der Waals surface area contributed by atoms with Crippen LogP contribution in [0.15, 0.2) is 0 Å². The number of amides is 2. The largest absolute Gasteiger partial charge is 0.345 e. The summed E-state index contributed by atoms with van der Waals surface area (Å²) in [6.07, 6.45) is 11.3. The van der Waals surface area contributed by atoms with Crippen molar-refractivity contribution in [3.63, 3.8) is 0 Å². The number of nitrogens with one attached hydrogen (secondary N) is 1. The van der Waals surface area contributed by atoms with E-state index in [1.807, 2.05) is 23.9 Å². The minimum absolute atomic E-state index is 0.142. The van der Waals surface area contributed by atoms with Crippen LogP contribution in [0.5, 0.6) is 0 Å². The molecule has 0 aromatic heterocycles. The highest BCUT2D eigenvalue weighted by atomic mass is 16.2. The topological polar surface area (TPSA) is 52.7 Å². The summed E-state index contributed by atoms with van der Waals surface area (Å²) in [6, 6.07) is 0. The quantitative estimate of drug-likeness (QED) is 0.756. The van der Waals surface area contributed by atoms with Crippen molar-refractivity contribution in [2.45, 2.75) is 64.2 Å². The Labute approximate surface area is 158 Å². The van der Waals surface area contributed by atoms with E-state index in [9.17, 15) is 9.59 Å². The SMILES string of the molecule is CN(CC1CCCC1)C(=O)CC1(C(=O)N(C)CC2CCCC2)CCNC1. The van der Waals surface area contributed by atoms with Crippen molar-refractivity contribution in [2.75, 3.05) is 40.3 Å². The van der Waals surface area contributed by atoms with Crippen molar-refractivity contribution in [3.05, 3.63) is 0 Å². The molecule has 1 atom stereocenters. The maximum absolute atomic E-state index is 13.3. The van der Waals surface area contributed by atoms with Gasteiger partial charge in [0, 0.05) is 40.2 Å². The maximum Gasteiger partial charge on any atom is 0.230 e. The first-order valence-electron chi connectivity index (χ1n) is 10.7. The molecule has 3 fully saturated rings. The van der Waals surface area contributed by atoms with E-state index >= 15 is 0 Å². The molecule has 2 amide bonds. The average Bonchev–Trinajstić information content (AvgIpc) is 3.37. The van der Waals surface area contributed by atoms with Crippen LogP contribution in [0.1, 0.15) is 64.2 Å². The molecule has 0 radical (unpaired) electrons. The lowest BCUT2D eigenvalue weighted by Crippen LogP contribution is -2.48. The predicted molar refractivity (Wildman–Crippen MR) is 104 cm³/mol. The number of carbonyl (C=O) groups excluding carboxylic acids is 2. The van der Waals surface area contributed by atoms with E-state index in [1.54, 1.807) is 0 Å². The van der Waals surface area contributed by atoms with Gasteiger partial charge < -0.3 is 15.1 Å². The Hall–Kier alpha value is -1.10. The second kappa shape index (κ2) is 8.73. The highest BCUT2D eigenvalue weighted by Crippen LogP contribution is 2.34. The highest BCUT2D eigenvalue weighted by Gasteiger charge is 2.45. The monoisotopic (exact) mass is 363 g/mol. The van der Waals surface area contributed by atoms with Gasteiger partial charge in [0.05, 0.1) is 5.41 Å². The van der Waals surface area contributed by atoms with Crippen LogP contribution >= 0.6 is 0 Å². The highest BCUT2D eigenvalue weighted by molar-refractivity contribution is 5.89. The molecule has 2 aliphatic carbocycles. The molecule has 1 aliphatic heterocycles. The van der Waals surface area contributed by atoms with Gasteiger partial charge in [0.1, 0.15) is 0 Å². The van der Waals surface area contributed by atoms with Crippen LogP contribution in [-0.4, -0.2) is 61.9 Å². The van der Waals surface area contributed by atoms with E-state index in [0.29, 0.717) is 24.8 Å². The number of nitrogens with zero attached hydrogens (tertiary/aromatic N) is 2. The summed E-state index contributed by atoms with van der Waals surface area (Å²) in [7, 11) is 3.86. The maximum atomic E-state index is 13.3. The molecule has 3 aliphatic rings. The van der Waals surface area contributed by atoms with E-state index in [0.717, 1.165) is 26.1 Å². The molecule has 5 heteroatoms. The first kappa shape index (κ1) is 19.7. The fraction of sp³-hybridized carbons (Fsp3) is 0.905. The summed E-state index contributed by atoms with van der Waals surface area (Å²) < 4.78 is 0. The third-order valence-electron chi connectivity index (χ3n) is 6.97. The Morgan fingerprint density at radius 1 is 0.923 bits per heavy atom. The molecule has 2 saturated carbocycles. The lowest BCUT2D eigenvalue weighted by Gasteiger charge is -2.34. The van der Waals surface area contributed by atoms with Crippen LogP contribution in [0.25, 0.3) is 0 Å². The summed E-state index contributed by atoms with van der Waals surface area (Å²) in [5.74, 6) is 1.62. The number of rotatable bonds is 7. The van der Waals surface area contributed by atoms with Gasteiger partial charge in [0.2, 0.25) is 11.8 Å². The molecule has 0 aromatic rings. The Balaban J connectivity index is 1.58. The fourth-order valence-electron chi connectivity index (χ4n) is 5.33. The van der Waals surface area contributed by atoms with Crippen molar-refractivity contribution in [1.29, 1.82) is 0 Å². The molecule has 1 saturated heterocycles. The van der Waals surface area contributed by atoms with E-state index in [-0.39, 0.29) is 11.8 Å². The Morgan fingerprint density at radius 3 is 1.96 bits per heavy atom. The molecule has 26 heavy (non-hydrogen) atoms. The zero-order valence-electron chi connectivity index (χ0n) is 16.8. The summed E-state index contributed by atoms with van der Waals surface area (Å²) in [6.45, 7) is 3.19. The van der Waals surface area contributed by atoms with E-state index in [2.05, 4.69) is 5.32 Å². The zero-order chi connectivity index (χ0) is 18.6. The third kappa shape index (κ3) is 4.59. The van der Waals surface area contributed by atoms with Gasteiger partial charge in [-0.25, -0.2) is 0 Å². The Kier molecular flexibility index (Phi) is 6.60. The molecular formula is C21H37N3O2. The van der Waals surface area contributed by atoms with Gasteiger partial charge in [-0.05, 0) is 50.5 Å². The molecule has 3 rings (SSSR count). The summed E-state index contributed by atoms with van der Waals surface area (Å²) in [5.41, 5.74) is -0.533. The smallest absolute Gasteiger partial charge is 0.230 e. The first-order chi connectivity index (χ1) is 12.5. The number of carbonyl (C=O) groups is 2. The second-order valence-corrected chi connectivity index (χ2v) is 9.14. The molecule has 1 N–H and O–H groups in total. The molecule has 0 spiro atoms. The van der Waals surface area contributed by atoms with Crippen molar-refractivity contribution < 1.29 is 9.59 Å². The fourth-order valence-corrected chi connectivity index (χ4v) is 5.33. The molecular weight excluding hydrogens is 326 g/mol. The van der Waals surface area contributed by atoms with Gasteiger partial charge in [-0.3, -0.25) is 9.59 Å². The summed E-state index contributed by atoms with van der Waals surface area (Å²) >= 11 is 0. The van der Waals surface area contributed by atoms with Gasteiger partial charge >= 0.3 is 0 Å². The minimum Gasteiger partial charge on any atom is -0.345 e. The summed E-state index contributed by atoms with van der Waals surface area (Å²) in [4.78, 5) is 30.0. The molecule has 148 valence electrons. The van der Waals surface area contributed by atoms with Crippen LogP contribution in [0, 0.1) is 17.3 Å². The van der Waals surface area contributed by atoms with Crippen molar-refractivity contribution >= 4 is 11.8 Å². The Bertz CT molecular complexity index is 489. The van der Waals surface area contributed by atoms with Crippen LogP contribution in [-0.2, 0) is 9.59 Å². The third-order valence-corrected chi connectivity index (χ3v) is 6.97. The van der Waals surface area contributed by atoms with Gasteiger partial charge in [0.25, 0.3) is 0 Å². The minimum atomic E-state index is -0.533. The van der Waals surface area contributed by atoms with Crippen molar-refractivity contribution in [2.24, 2.45) is 17.3 Å². The summed E-state index contributed by atoms with van der Waals surface area (Å²) in [5, 5.41) is 3.34. The number of hydrogen-bond donors (Lipinski definition) is 1. The molecule has 1 heterocycles. The van der Waals surface area contributed by atoms with E-state index in [1.165, 1.54) is 51.4 Å². The zero-order valence-corrected chi connectivity index (χ0v) is 16.8. The lowest BCUT2D eigenvalue weighted by molar-refractivity contribution is -0.146. The van der Waals surface area contributed by atoms with Crippen LogP contribution in [0.4, 0.5) is 0 Å². The predicted octanol–water partition coefficient (Wildman–Crippen LogP) is 2.65. The molecule has 5 nitrogen and oxygen atoms in total. The Morgan fingerprint density at radius 2 is 1.46 bits per heavy atom. The van der Waals surface area contributed by atoms with Gasteiger partial charge in [0.15, 0.2) is 0 Å². The normalized spacial score (nSPS) is 27.2. The second-order valence-electron chi connectivity index (χ2n) is 9.14.